The van der Waals surface area contributed by atoms with Crippen LogP contribution in [-0.2, 0) is 25.6 Å². The van der Waals surface area contributed by atoms with Gasteiger partial charge in [0.25, 0.3) is 0 Å². The molecule has 218 valence electrons. The summed E-state index contributed by atoms with van der Waals surface area (Å²) in [7, 11) is 0. The average Bonchev–Trinajstić information content (AvgIpc) is 2.90. The first-order valence-corrected chi connectivity index (χ1v) is 13.6. The lowest BCUT2D eigenvalue weighted by Crippen LogP contribution is -2.64. The first-order valence-electron chi connectivity index (χ1n) is 13.6. The second-order valence-corrected chi connectivity index (χ2v) is 10.1. The summed E-state index contributed by atoms with van der Waals surface area (Å²) in [6.07, 6.45) is 1.52. The fourth-order valence-corrected chi connectivity index (χ4v) is 4.21. The molecule has 11 nitrogen and oxygen atoms in total. The molecule has 0 saturated carbocycles. The second-order valence-electron chi connectivity index (χ2n) is 10.1. The van der Waals surface area contributed by atoms with Gasteiger partial charge in [-0.25, -0.2) is 0 Å². The van der Waals surface area contributed by atoms with Crippen LogP contribution in [-0.4, -0.2) is 87.3 Å². The number of nitrogens with zero attached hydrogens (tertiary/aromatic N) is 2. The molecule has 11 heteroatoms. The van der Waals surface area contributed by atoms with Crippen LogP contribution >= 0.6 is 0 Å². The Bertz CT molecular complexity index is 949. The molecule has 1 aromatic heterocycles. The Morgan fingerprint density at radius 1 is 1.00 bits per heavy atom. The minimum Gasteiger partial charge on any atom is -0.394 e. The van der Waals surface area contributed by atoms with E-state index in [1.54, 1.807) is 12.3 Å². The molecule has 39 heavy (non-hydrogen) atoms. The number of pyridine rings is 1. The monoisotopic (exact) mass is 549 g/mol. The predicted octanol–water partition coefficient (Wildman–Crippen LogP) is 1.90. The van der Waals surface area contributed by atoms with Crippen molar-refractivity contribution in [3.63, 3.8) is 0 Å². The van der Waals surface area contributed by atoms with Gasteiger partial charge in [-0.3, -0.25) is 24.4 Å². The number of aliphatic hydroxyl groups excluding tert-OH is 3. The van der Waals surface area contributed by atoms with Crippen molar-refractivity contribution >= 4 is 23.2 Å². The number of hydrogen-bond donors (Lipinski definition) is 4. The number of nitrogens with one attached hydrogen (secondary N) is 1. The third kappa shape index (κ3) is 11.6. The average molecular weight is 550 g/mol. The van der Waals surface area contributed by atoms with Crippen molar-refractivity contribution in [3.8, 4) is 0 Å². The van der Waals surface area contributed by atoms with Gasteiger partial charge in [-0.2, -0.15) is 0 Å². The van der Waals surface area contributed by atoms with Gasteiger partial charge >= 0.3 is 0 Å². The molecule has 0 radical (unpaired) electrons. The van der Waals surface area contributed by atoms with Crippen LogP contribution in [0.25, 0.3) is 0 Å². The van der Waals surface area contributed by atoms with Gasteiger partial charge in [0.1, 0.15) is 30.1 Å². The van der Waals surface area contributed by atoms with Crippen molar-refractivity contribution in [2.45, 2.75) is 109 Å². The number of ketones is 2. The highest BCUT2D eigenvalue weighted by molar-refractivity contribution is 5.95. The zero-order valence-corrected chi connectivity index (χ0v) is 23.2. The van der Waals surface area contributed by atoms with E-state index in [2.05, 4.69) is 15.3 Å². The normalized spacial score (nSPS) is 22.8. The van der Waals surface area contributed by atoms with E-state index in [0.29, 0.717) is 50.6 Å². The Labute approximate surface area is 230 Å². The SMILES string of the molecule is CC(=O)NC1C(OCCCCC(=O)CCCCCC(=O)c2ccc(CN=C(C)C)nc2)OC(CO)C(O)C1O. The number of aromatic nitrogens is 1. The number of unbranched alkanes of at least 4 members (excludes halogenated alkanes) is 3. The predicted molar refractivity (Wildman–Crippen MR) is 144 cm³/mol. The van der Waals surface area contributed by atoms with E-state index >= 15 is 0 Å². The van der Waals surface area contributed by atoms with Gasteiger partial charge in [0.2, 0.25) is 5.91 Å². The molecule has 5 unspecified atom stereocenters. The molecule has 1 saturated heterocycles. The number of aliphatic hydroxyl groups is 3. The van der Waals surface area contributed by atoms with E-state index in [9.17, 15) is 29.7 Å². The van der Waals surface area contributed by atoms with Gasteiger partial charge < -0.3 is 30.1 Å². The van der Waals surface area contributed by atoms with Crippen LogP contribution in [0.4, 0.5) is 0 Å². The van der Waals surface area contributed by atoms with Crippen LogP contribution in [0.15, 0.2) is 23.3 Å². The Kier molecular flexibility index (Phi) is 14.4. The minimum absolute atomic E-state index is 0.0468. The van der Waals surface area contributed by atoms with Gasteiger partial charge in [0.05, 0.1) is 18.8 Å². The molecule has 0 spiro atoms. The zero-order valence-electron chi connectivity index (χ0n) is 23.2. The molecule has 1 aliphatic heterocycles. The van der Waals surface area contributed by atoms with Crippen LogP contribution in [0, 0.1) is 0 Å². The van der Waals surface area contributed by atoms with Crippen molar-refractivity contribution < 1.29 is 39.2 Å². The molecular formula is C28H43N3O8. The van der Waals surface area contributed by atoms with Crippen molar-refractivity contribution in [2.75, 3.05) is 13.2 Å². The highest BCUT2D eigenvalue weighted by Crippen LogP contribution is 2.22. The fraction of sp³-hybridized carbons (Fsp3) is 0.679. The number of carbonyl (C=O) groups excluding carboxylic acids is 3. The van der Waals surface area contributed by atoms with E-state index in [0.717, 1.165) is 24.2 Å². The first-order chi connectivity index (χ1) is 18.6. The third-order valence-corrected chi connectivity index (χ3v) is 6.45. The number of rotatable bonds is 17. The van der Waals surface area contributed by atoms with Crippen LogP contribution in [0.2, 0.25) is 0 Å². The highest BCUT2D eigenvalue weighted by atomic mass is 16.7. The van der Waals surface area contributed by atoms with Gasteiger partial charge in [0.15, 0.2) is 12.1 Å². The molecule has 5 atom stereocenters. The van der Waals surface area contributed by atoms with E-state index < -0.39 is 43.2 Å². The molecule has 1 aliphatic rings. The summed E-state index contributed by atoms with van der Waals surface area (Å²) >= 11 is 0. The summed E-state index contributed by atoms with van der Waals surface area (Å²) in [6, 6.07) is 2.64. The van der Waals surface area contributed by atoms with E-state index in [1.807, 2.05) is 19.9 Å². The molecular weight excluding hydrogens is 506 g/mol. The van der Waals surface area contributed by atoms with Crippen molar-refractivity contribution in [1.82, 2.24) is 10.3 Å². The van der Waals surface area contributed by atoms with Crippen molar-refractivity contribution in [2.24, 2.45) is 4.99 Å². The Morgan fingerprint density at radius 2 is 1.69 bits per heavy atom. The molecule has 2 heterocycles. The minimum atomic E-state index is -1.36. The topological polar surface area (TPSA) is 168 Å². The Balaban J connectivity index is 1.59. The second kappa shape index (κ2) is 17.2. The van der Waals surface area contributed by atoms with E-state index in [4.69, 9.17) is 9.47 Å². The maximum absolute atomic E-state index is 12.4. The van der Waals surface area contributed by atoms with Crippen molar-refractivity contribution in [1.29, 1.82) is 0 Å². The van der Waals surface area contributed by atoms with Crippen LogP contribution in [0.1, 0.15) is 88.2 Å². The largest absolute Gasteiger partial charge is 0.394 e. The lowest BCUT2D eigenvalue weighted by Gasteiger charge is -2.42. The number of ether oxygens (including phenoxy) is 2. The highest BCUT2D eigenvalue weighted by Gasteiger charge is 2.45. The summed E-state index contributed by atoms with van der Waals surface area (Å²) in [5.74, 6) is -0.222. The molecule has 1 amide bonds. The fourth-order valence-electron chi connectivity index (χ4n) is 4.21. The van der Waals surface area contributed by atoms with Gasteiger partial charge in [-0.05, 0) is 51.7 Å². The summed E-state index contributed by atoms with van der Waals surface area (Å²) in [4.78, 5) is 44.6. The van der Waals surface area contributed by atoms with E-state index in [1.165, 1.54) is 6.92 Å². The number of Topliss-reactive ketones (excluding diaryl/α,β-unsaturated/α-hetero) is 2. The third-order valence-electron chi connectivity index (χ3n) is 6.45. The number of carbonyl (C=O) groups is 3. The smallest absolute Gasteiger partial charge is 0.217 e. The molecule has 0 aromatic carbocycles. The zero-order chi connectivity index (χ0) is 28.8. The molecule has 1 fully saturated rings. The maximum atomic E-state index is 12.4. The molecule has 2 rings (SSSR count). The lowest BCUT2D eigenvalue weighted by atomic mass is 9.97. The molecule has 0 bridgehead atoms. The molecule has 0 aliphatic carbocycles. The quantitative estimate of drug-likeness (QED) is 0.129. The van der Waals surface area contributed by atoms with Gasteiger partial charge in [-0.15, -0.1) is 0 Å². The van der Waals surface area contributed by atoms with E-state index in [-0.39, 0.29) is 18.2 Å². The van der Waals surface area contributed by atoms with Crippen LogP contribution < -0.4 is 5.32 Å². The summed E-state index contributed by atoms with van der Waals surface area (Å²) in [6.45, 7) is 5.35. The molecule has 1 aromatic rings. The lowest BCUT2D eigenvalue weighted by molar-refractivity contribution is -0.270. The first kappa shape index (κ1) is 32.6. The standard InChI is InChI=1S/C28H43N3O8/c1-18(2)29-16-21-13-12-20(15-30-21)23(35)11-6-4-5-9-22(34)10-7-8-14-38-28-25(31-19(3)33)27(37)26(36)24(17-32)39-28/h12-13,15,24-28,32,36-37H,4-11,14,16-17H2,1-3H3,(H,31,33). The maximum Gasteiger partial charge on any atom is 0.217 e. The van der Waals surface area contributed by atoms with Crippen molar-refractivity contribution in [3.05, 3.63) is 29.6 Å². The number of hydrogen-bond acceptors (Lipinski definition) is 10. The van der Waals surface area contributed by atoms with Crippen LogP contribution in [0.5, 0.6) is 0 Å². The van der Waals surface area contributed by atoms with Gasteiger partial charge in [0, 0.05) is 50.3 Å². The molecule has 4 N–H and O–H groups in total. The Hall–Kier alpha value is -2.57. The van der Waals surface area contributed by atoms with Crippen LogP contribution in [0.3, 0.4) is 0 Å². The summed E-state index contributed by atoms with van der Waals surface area (Å²) in [5, 5.41) is 32.2. The van der Waals surface area contributed by atoms with Gasteiger partial charge in [-0.1, -0.05) is 6.42 Å². The summed E-state index contributed by atoms with van der Waals surface area (Å²) in [5.41, 5.74) is 2.39. The summed E-state index contributed by atoms with van der Waals surface area (Å²) < 4.78 is 11.2. The number of amides is 1. The number of aliphatic imine (C=N–C) groups is 1. The Morgan fingerprint density at radius 3 is 2.31 bits per heavy atom.